The summed E-state index contributed by atoms with van der Waals surface area (Å²) in [7, 11) is 1.69. The molecule has 1 aliphatic rings. The van der Waals surface area contributed by atoms with E-state index in [1.54, 1.807) is 31.3 Å². The van der Waals surface area contributed by atoms with E-state index in [1.165, 1.54) is 0 Å². The van der Waals surface area contributed by atoms with Crippen LogP contribution in [0.25, 0.3) is 0 Å². The molecule has 1 aliphatic heterocycles. The number of nitrogens with zero attached hydrogens (tertiary/aromatic N) is 3. The van der Waals surface area contributed by atoms with Gasteiger partial charge >= 0.3 is 0 Å². The number of ether oxygens (including phenoxy) is 1. The first-order chi connectivity index (χ1) is 11.3. The topological polar surface area (TPSA) is 59.4 Å². The lowest BCUT2D eigenvalue weighted by molar-refractivity contribution is 0.411. The molecule has 120 valence electrons. The minimum absolute atomic E-state index is 0.752. The molecule has 1 aromatic carbocycles. The standard InChI is InChI=1S/C16H17BrN4OS/c1-22-13-4-3-12(17)9-11(13)10-23-16-14(18-7-8-21-16)15-19-5-2-6-20-15/h3-4,7-9H,2,5-6,10H2,1H3,(H,19,20). The van der Waals surface area contributed by atoms with Crippen molar-refractivity contribution in [2.45, 2.75) is 17.2 Å². The maximum atomic E-state index is 5.43. The highest BCUT2D eigenvalue weighted by Gasteiger charge is 2.15. The van der Waals surface area contributed by atoms with Crippen LogP contribution in [0.4, 0.5) is 0 Å². The Balaban J connectivity index is 1.81. The van der Waals surface area contributed by atoms with E-state index in [9.17, 15) is 0 Å². The van der Waals surface area contributed by atoms with E-state index < -0.39 is 0 Å². The molecule has 0 spiro atoms. The molecule has 0 radical (unpaired) electrons. The van der Waals surface area contributed by atoms with Crippen molar-refractivity contribution in [3.05, 3.63) is 46.3 Å². The highest BCUT2D eigenvalue weighted by atomic mass is 79.9. The van der Waals surface area contributed by atoms with Gasteiger partial charge < -0.3 is 10.1 Å². The van der Waals surface area contributed by atoms with Gasteiger partial charge in [0, 0.05) is 41.3 Å². The molecule has 5 nitrogen and oxygen atoms in total. The third-order valence-electron chi connectivity index (χ3n) is 3.39. The SMILES string of the molecule is COc1ccc(Br)cc1CSc1nccnc1C1=NCCCN1. The van der Waals surface area contributed by atoms with Crippen molar-refractivity contribution in [1.29, 1.82) is 0 Å². The van der Waals surface area contributed by atoms with E-state index >= 15 is 0 Å². The molecule has 1 aromatic heterocycles. The van der Waals surface area contributed by atoms with E-state index in [4.69, 9.17) is 4.74 Å². The first-order valence-electron chi connectivity index (χ1n) is 7.33. The van der Waals surface area contributed by atoms with Crippen molar-refractivity contribution in [3.63, 3.8) is 0 Å². The fraction of sp³-hybridized carbons (Fsp3) is 0.312. The van der Waals surface area contributed by atoms with Crippen LogP contribution in [0.15, 0.2) is 45.1 Å². The number of methoxy groups -OCH3 is 1. The van der Waals surface area contributed by atoms with Gasteiger partial charge in [0.2, 0.25) is 0 Å². The van der Waals surface area contributed by atoms with Crippen LogP contribution < -0.4 is 10.1 Å². The van der Waals surface area contributed by atoms with Crippen molar-refractivity contribution in [2.75, 3.05) is 20.2 Å². The number of hydrogen-bond acceptors (Lipinski definition) is 6. The van der Waals surface area contributed by atoms with Gasteiger partial charge in [-0.2, -0.15) is 0 Å². The largest absolute Gasteiger partial charge is 0.496 e. The number of nitrogens with one attached hydrogen (secondary N) is 1. The van der Waals surface area contributed by atoms with Gasteiger partial charge in [0.05, 0.1) is 7.11 Å². The normalized spacial score (nSPS) is 14.1. The average molecular weight is 393 g/mol. The molecule has 0 amide bonds. The molecule has 2 aromatic rings. The maximum absolute atomic E-state index is 5.43. The molecule has 0 atom stereocenters. The van der Waals surface area contributed by atoms with E-state index in [0.29, 0.717) is 0 Å². The average Bonchev–Trinajstić information content (AvgIpc) is 2.61. The number of thioether (sulfide) groups is 1. The van der Waals surface area contributed by atoms with Crippen LogP contribution in [0.2, 0.25) is 0 Å². The number of aromatic nitrogens is 2. The van der Waals surface area contributed by atoms with Crippen molar-refractivity contribution in [1.82, 2.24) is 15.3 Å². The summed E-state index contributed by atoms with van der Waals surface area (Å²) >= 11 is 5.14. The summed E-state index contributed by atoms with van der Waals surface area (Å²) in [6, 6.07) is 6.00. The third-order valence-corrected chi connectivity index (χ3v) is 4.91. The highest BCUT2D eigenvalue weighted by Crippen LogP contribution is 2.30. The monoisotopic (exact) mass is 392 g/mol. The Hall–Kier alpha value is -1.60. The second-order valence-electron chi connectivity index (χ2n) is 4.97. The molecule has 2 heterocycles. The van der Waals surface area contributed by atoms with Crippen LogP contribution in [0.5, 0.6) is 5.75 Å². The van der Waals surface area contributed by atoms with Gasteiger partial charge in [-0.3, -0.25) is 4.99 Å². The lowest BCUT2D eigenvalue weighted by Crippen LogP contribution is -2.31. The lowest BCUT2D eigenvalue weighted by atomic mass is 10.2. The Bertz CT molecular complexity index is 723. The Kier molecular flexibility index (Phi) is 5.51. The summed E-state index contributed by atoms with van der Waals surface area (Å²) in [6.45, 7) is 1.77. The number of hydrogen-bond donors (Lipinski definition) is 1. The molecule has 0 bridgehead atoms. The number of benzene rings is 1. The maximum Gasteiger partial charge on any atom is 0.150 e. The van der Waals surface area contributed by atoms with Crippen molar-refractivity contribution >= 4 is 33.5 Å². The smallest absolute Gasteiger partial charge is 0.150 e. The summed E-state index contributed by atoms with van der Waals surface area (Å²) in [5.74, 6) is 2.47. The fourth-order valence-corrected chi connectivity index (χ4v) is 3.64. The molecule has 0 aliphatic carbocycles. The van der Waals surface area contributed by atoms with E-state index in [0.717, 1.165) is 57.6 Å². The first kappa shape index (κ1) is 16.3. The van der Waals surface area contributed by atoms with Gasteiger partial charge in [-0.05, 0) is 24.6 Å². The molecular weight excluding hydrogens is 376 g/mol. The predicted molar refractivity (Wildman–Crippen MR) is 96.3 cm³/mol. The molecule has 0 unspecified atom stereocenters. The summed E-state index contributed by atoms with van der Waals surface area (Å²) in [4.78, 5) is 13.5. The van der Waals surface area contributed by atoms with Crippen LogP contribution in [-0.2, 0) is 5.75 Å². The minimum Gasteiger partial charge on any atom is -0.496 e. The summed E-state index contributed by atoms with van der Waals surface area (Å²) in [5.41, 5.74) is 1.94. The molecule has 0 saturated carbocycles. The molecule has 1 N–H and O–H groups in total. The second-order valence-corrected chi connectivity index (χ2v) is 6.85. The predicted octanol–water partition coefficient (Wildman–Crippen LogP) is 3.28. The lowest BCUT2D eigenvalue weighted by Gasteiger charge is -2.16. The van der Waals surface area contributed by atoms with Crippen molar-refractivity contribution < 1.29 is 4.74 Å². The molecule has 0 fully saturated rings. The number of halogens is 1. The Morgan fingerprint density at radius 1 is 1.30 bits per heavy atom. The Morgan fingerprint density at radius 3 is 2.96 bits per heavy atom. The Morgan fingerprint density at radius 2 is 2.17 bits per heavy atom. The first-order valence-corrected chi connectivity index (χ1v) is 9.10. The van der Waals surface area contributed by atoms with Crippen LogP contribution in [0, 0.1) is 0 Å². The zero-order valence-corrected chi connectivity index (χ0v) is 15.2. The Labute approximate surface area is 148 Å². The molecule has 7 heteroatoms. The quantitative estimate of drug-likeness (QED) is 0.791. The summed E-state index contributed by atoms with van der Waals surface area (Å²) in [6.07, 6.45) is 4.48. The van der Waals surface area contributed by atoms with Crippen LogP contribution >= 0.6 is 27.7 Å². The molecule has 3 rings (SSSR count). The van der Waals surface area contributed by atoms with Gasteiger partial charge in [-0.25, -0.2) is 9.97 Å². The van der Waals surface area contributed by atoms with Gasteiger partial charge in [-0.15, -0.1) is 0 Å². The summed E-state index contributed by atoms with van der Waals surface area (Å²) < 4.78 is 6.46. The van der Waals surface area contributed by atoms with E-state index in [2.05, 4.69) is 42.3 Å². The zero-order chi connectivity index (χ0) is 16.1. The molecule has 0 saturated heterocycles. The number of rotatable bonds is 5. The highest BCUT2D eigenvalue weighted by molar-refractivity contribution is 9.10. The van der Waals surface area contributed by atoms with Gasteiger partial charge in [0.1, 0.15) is 22.3 Å². The van der Waals surface area contributed by atoms with Gasteiger partial charge in [0.15, 0.2) is 0 Å². The van der Waals surface area contributed by atoms with Crippen LogP contribution in [-0.4, -0.2) is 36.0 Å². The van der Waals surface area contributed by atoms with Crippen LogP contribution in [0.3, 0.4) is 0 Å². The van der Waals surface area contributed by atoms with Crippen LogP contribution in [0.1, 0.15) is 17.7 Å². The summed E-state index contributed by atoms with van der Waals surface area (Å²) in [5, 5.41) is 4.19. The minimum atomic E-state index is 0.752. The zero-order valence-electron chi connectivity index (χ0n) is 12.8. The number of aliphatic imine (C=N–C) groups is 1. The number of amidine groups is 1. The molecular formula is C16H17BrN4OS. The van der Waals surface area contributed by atoms with Gasteiger partial charge in [0.25, 0.3) is 0 Å². The fourth-order valence-electron chi connectivity index (χ4n) is 2.29. The van der Waals surface area contributed by atoms with E-state index in [-0.39, 0.29) is 0 Å². The van der Waals surface area contributed by atoms with Crippen molar-refractivity contribution in [3.8, 4) is 5.75 Å². The second kappa shape index (κ2) is 7.79. The third kappa shape index (κ3) is 4.03. The molecule has 23 heavy (non-hydrogen) atoms. The van der Waals surface area contributed by atoms with Gasteiger partial charge in [-0.1, -0.05) is 27.7 Å². The van der Waals surface area contributed by atoms with E-state index in [1.807, 2.05) is 12.1 Å². The van der Waals surface area contributed by atoms with Crippen molar-refractivity contribution in [2.24, 2.45) is 4.99 Å².